The van der Waals surface area contributed by atoms with Crippen molar-refractivity contribution in [3.8, 4) is 5.75 Å². The Morgan fingerprint density at radius 3 is 2.50 bits per heavy atom. The summed E-state index contributed by atoms with van der Waals surface area (Å²) in [5, 5.41) is 4.19. The monoisotopic (exact) mass is 330 g/mol. The van der Waals surface area contributed by atoms with Crippen LogP contribution in [0.3, 0.4) is 0 Å². The van der Waals surface area contributed by atoms with E-state index in [4.69, 9.17) is 4.74 Å². The number of hydrogen-bond donors (Lipinski definition) is 2. The highest BCUT2D eigenvalue weighted by Crippen LogP contribution is 2.08. The van der Waals surface area contributed by atoms with E-state index < -0.39 is 0 Å². The minimum absolute atomic E-state index is 0.0665. The zero-order valence-electron chi connectivity index (χ0n) is 13.9. The molecule has 1 heterocycles. The second kappa shape index (κ2) is 8.71. The Hall–Kier alpha value is -2.83. The Kier molecular flexibility index (Phi) is 6.36. The van der Waals surface area contributed by atoms with E-state index in [2.05, 4.69) is 16.0 Å². The van der Waals surface area contributed by atoms with Gasteiger partial charge >= 0.3 is 0 Å². The molecule has 2 amide bonds. The number of nitrogens with one attached hydrogen (secondary N) is 2. The van der Waals surface area contributed by atoms with Crippen molar-refractivity contribution in [1.29, 1.82) is 0 Å². The fourth-order valence-corrected chi connectivity index (χ4v) is 2.15. The Morgan fingerprint density at radius 2 is 1.83 bits per heavy atom. The number of amides is 2. The zero-order valence-corrected chi connectivity index (χ0v) is 13.9. The van der Waals surface area contributed by atoms with E-state index in [-0.39, 0.29) is 24.8 Å². The summed E-state index contributed by atoms with van der Waals surface area (Å²) in [7, 11) is 0. The third kappa shape index (κ3) is 5.75. The van der Waals surface area contributed by atoms with Gasteiger partial charge in [-0.15, -0.1) is 0 Å². The summed E-state index contributed by atoms with van der Waals surface area (Å²) in [6.07, 6.45) is 0.834. The first-order valence-electron chi connectivity index (χ1n) is 7.81. The van der Waals surface area contributed by atoms with Crippen LogP contribution in [0.25, 0.3) is 0 Å². The van der Waals surface area contributed by atoms with Gasteiger partial charge in [-0.25, -0.2) is 0 Å². The summed E-state index contributed by atoms with van der Waals surface area (Å²) < 4.78 is 7.09. The molecule has 0 saturated carbocycles. The molecule has 0 radical (unpaired) electrons. The molecular formula is C17H22N4O3. The lowest BCUT2D eigenvalue weighted by Crippen LogP contribution is -2.43. The molecule has 0 atom stereocenters. The number of ether oxygens (including phenoxy) is 1. The van der Waals surface area contributed by atoms with Gasteiger partial charge in [-0.3, -0.25) is 25.1 Å². The summed E-state index contributed by atoms with van der Waals surface area (Å²) in [5.74, 6) is 0.194. The Balaban J connectivity index is 1.60. The molecule has 2 aromatic rings. The lowest BCUT2D eigenvalue weighted by molar-refractivity contribution is -0.129. The fourth-order valence-electron chi connectivity index (χ4n) is 2.15. The van der Waals surface area contributed by atoms with Gasteiger partial charge in [-0.1, -0.05) is 18.2 Å². The summed E-state index contributed by atoms with van der Waals surface area (Å²) in [6, 6.07) is 11.3. The molecule has 0 unspecified atom stereocenters. The molecule has 0 fully saturated rings. The van der Waals surface area contributed by atoms with Crippen LogP contribution in [-0.2, 0) is 16.1 Å². The number of nitrogens with zero attached hydrogens (tertiary/aromatic N) is 2. The minimum atomic E-state index is -0.324. The predicted octanol–water partition coefficient (Wildman–Crippen LogP) is 1.51. The molecule has 7 nitrogen and oxygen atoms in total. The van der Waals surface area contributed by atoms with Crippen LogP contribution in [0.2, 0.25) is 0 Å². The molecule has 0 aliphatic heterocycles. The molecule has 128 valence electrons. The summed E-state index contributed by atoms with van der Waals surface area (Å²) in [5.41, 5.74) is 6.52. The predicted molar refractivity (Wildman–Crippen MR) is 89.2 cm³/mol. The normalized spacial score (nSPS) is 10.2. The number of aryl methyl sites for hydroxylation is 2. The van der Waals surface area contributed by atoms with E-state index in [1.54, 1.807) is 4.68 Å². The van der Waals surface area contributed by atoms with Crippen LogP contribution in [-0.4, -0.2) is 28.2 Å². The standard InChI is InChI=1S/C17H22N4O3/c1-13-11-14(2)21(20-13)12-17(23)19-18-16(22)9-6-10-24-15-7-4-3-5-8-15/h3-5,7-8,11H,6,9-10,12H2,1-2H3,(H,18,22)(H,19,23). The Bertz CT molecular complexity index is 682. The Morgan fingerprint density at radius 1 is 1.12 bits per heavy atom. The number of carbonyl (C=O) groups excluding carboxylic acids is 2. The van der Waals surface area contributed by atoms with Gasteiger partial charge < -0.3 is 4.74 Å². The molecule has 2 rings (SSSR count). The molecule has 0 bridgehead atoms. The average Bonchev–Trinajstić information content (AvgIpc) is 2.88. The molecule has 0 spiro atoms. The van der Waals surface area contributed by atoms with Crippen molar-refractivity contribution < 1.29 is 14.3 Å². The highest BCUT2D eigenvalue weighted by atomic mass is 16.5. The topological polar surface area (TPSA) is 85.2 Å². The molecule has 1 aromatic carbocycles. The van der Waals surface area contributed by atoms with Gasteiger partial charge in [-0.2, -0.15) is 5.10 Å². The average molecular weight is 330 g/mol. The molecule has 0 saturated heterocycles. The number of para-hydroxylation sites is 1. The second-order valence-electron chi connectivity index (χ2n) is 5.45. The first-order chi connectivity index (χ1) is 11.5. The molecule has 0 aliphatic carbocycles. The van der Waals surface area contributed by atoms with Crippen molar-refractivity contribution in [1.82, 2.24) is 20.6 Å². The van der Waals surface area contributed by atoms with Gasteiger partial charge in [0.2, 0.25) is 5.91 Å². The van der Waals surface area contributed by atoms with E-state index in [1.165, 1.54) is 0 Å². The first kappa shape index (κ1) is 17.5. The van der Waals surface area contributed by atoms with Crippen LogP contribution in [0, 0.1) is 13.8 Å². The second-order valence-corrected chi connectivity index (χ2v) is 5.45. The van der Waals surface area contributed by atoms with Crippen LogP contribution in [0.5, 0.6) is 5.75 Å². The third-order valence-electron chi connectivity index (χ3n) is 3.30. The number of hydrazine groups is 1. The molecule has 24 heavy (non-hydrogen) atoms. The molecule has 2 N–H and O–H groups in total. The van der Waals surface area contributed by atoms with Gasteiger partial charge in [0.15, 0.2) is 0 Å². The maximum atomic E-state index is 11.8. The van der Waals surface area contributed by atoms with Crippen LogP contribution >= 0.6 is 0 Å². The van der Waals surface area contributed by atoms with Crippen molar-refractivity contribution in [3.63, 3.8) is 0 Å². The van der Waals surface area contributed by atoms with E-state index in [1.807, 2.05) is 50.2 Å². The summed E-state index contributed by atoms with van der Waals surface area (Å²) >= 11 is 0. The highest BCUT2D eigenvalue weighted by Gasteiger charge is 2.08. The van der Waals surface area contributed by atoms with Crippen molar-refractivity contribution in [3.05, 3.63) is 47.8 Å². The lowest BCUT2D eigenvalue weighted by Gasteiger charge is -2.09. The van der Waals surface area contributed by atoms with Gasteiger partial charge in [0.05, 0.1) is 12.3 Å². The molecule has 1 aromatic heterocycles. The number of benzene rings is 1. The van der Waals surface area contributed by atoms with Crippen molar-refractivity contribution >= 4 is 11.8 Å². The molecule has 0 aliphatic rings. The van der Waals surface area contributed by atoms with Crippen LogP contribution in [0.1, 0.15) is 24.2 Å². The number of carbonyl (C=O) groups is 2. The van der Waals surface area contributed by atoms with Crippen LogP contribution in [0.4, 0.5) is 0 Å². The van der Waals surface area contributed by atoms with Crippen LogP contribution < -0.4 is 15.6 Å². The largest absolute Gasteiger partial charge is 0.494 e. The van der Waals surface area contributed by atoms with E-state index in [0.717, 1.165) is 17.1 Å². The van der Waals surface area contributed by atoms with Gasteiger partial charge in [0, 0.05) is 12.1 Å². The minimum Gasteiger partial charge on any atom is -0.494 e. The number of rotatable bonds is 7. The quantitative estimate of drug-likeness (QED) is 0.595. The maximum Gasteiger partial charge on any atom is 0.260 e. The van der Waals surface area contributed by atoms with Gasteiger partial charge in [-0.05, 0) is 38.5 Å². The number of hydrogen-bond acceptors (Lipinski definition) is 4. The third-order valence-corrected chi connectivity index (χ3v) is 3.30. The first-order valence-corrected chi connectivity index (χ1v) is 7.81. The summed E-state index contributed by atoms with van der Waals surface area (Å²) in [4.78, 5) is 23.5. The SMILES string of the molecule is Cc1cc(C)n(CC(=O)NNC(=O)CCCOc2ccccc2)n1. The van der Waals surface area contributed by atoms with Crippen LogP contribution in [0.15, 0.2) is 36.4 Å². The summed E-state index contributed by atoms with van der Waals surface area (Å²) in [6.45, 7) is 4.24. The molecule has 7 heteroatoms. The zero-order chi connectivity index (χ0) is 17.4. The van der Waals surface area contributed by atoms with Gasteiger partial charge in [0.1, 0.15) is 12.3 Å². The van der Waals surface area contributed by atoms with Crippen molar-refractivity contribution in [2.24, 2.45) is 0 Å². The Labute approximate surface area is 141 Å². The van der Waals surface area contributed by atoms with Gasteiger partial charge in [0.25, 0.3) is 5.91 Å². The van der Waals surface area contributed by atoms with Crippen molar-refractivity contribution in [2.75, 3.05) is 6.61 Å². The molecular weight excluding hydrogens is 308 g/mol. The van der Waals surface area contributed by atoms with E-state index >= 15 is 0 Å². The smallest absolute Gasteiger partial charge is 0.260 e. The fraction of sp³-hybridized carbons (Fsp3) is 0.353. The lowest BCUT2D eigenvalue weighted by atomic mass is 10.3. The maximum absolute atomic E-state index is 11.8. The van der Waals surface area contributed by atoms with Crippen molar-refractivity contribution in [2.45, 2.75) is 33.2 Å². The van der Waals surface area contributed by atoms with E-state index in [0.29, 0.717) is 13.0 Å². The highest BCUT2D eigenvalue weighted by molar-refractivity contribution is 5.81. The van der Waals surface area contributed by atoms with E-state index in [9.17, 15) is 9.59 Å². The number of aromatic nitrogens is 2.